The Kier molecular flexibility index (Phi) is 4.81. The summed E-state index contributed by atoms with van der Waals surface area (Å²) < 4.78 is 0. The molecule has 118 valence electrons. The van der Waals surface area contributed by atoms with Crippen LogP contribution in [0, 0.1) is 5.92 Å². The van der Waals surface area contributed by atoms with Crippen LogP contribution in [0.15, 0.2) is 71.8 Å². The molecular weight excluding hydrogens is 276 g/mol. The molecule has 0 bridgehead atoms. The van der Waals surface area contributed by atoms with Crippen LogP contribution >= 0.6 is 0 Å². The van der Waals surface area contributed by atoms with Gasteiger partial charge in [-0.15, -0.1) is 0 Å². The fraction of sp³-hybridized carbons (Fsp3) is 0.304. The van der Waals surface area contributed by atoms with Gasteiger partial charge in [-0.1, -0.05) is 87.0 Å². The second-order valence-corrected chi connectivity index (χ2v) is 6.19. The highest BCUT2D eigenvalue weighted by Crippen LogP contribution is 2.50. The molecule has 1 unspecified atom stereocenters. The smallest absolute Gasteiger partial charge is 0.00636 e. The summed E-state index contributed by atoms with van der Waals surface area (Å²) in [6.07, 6.45) is 3.43. The Morgan fingerprint density at radius 2 is 1.26 bits per heavy atom. The van der Waals surface area contributed by atoms with Crippen LogP contribution in [-0.2, 0) is 0 Å². The minimum absolute atomic E-state index is 0.563. The van der Waals surface area contributed by atoms with Gasteiger partial charge in [0.05, 0.1) is 0 Å². The molecule has 0 saturated carbocycles. The average molecular weight is 302 g/mol. The summed E-state index contributed by atoms with van der Waals surface area (Å²) in [6.45, 7) is 6.93. The van der Waals surface area contributed by atoms with Gasteiger partial charge >= 0.3 is 0 Å². The van der Waals surface area contributed by atoms with Crippen molar-refractivity contribution < 1.29 is 0 Å². The molecule has 0 heteroatoms. The zero-order valence-electron chi connectivity index (χ0n) is 14.5. The summed E-state index contributed by atoms with van der Waals surface area (Å²) in [4.78, 5) is 0. The Morgan fingerprint density at radius 1 is 0.696 bits per heavy atom. The van der Waals surface area contributed by atoms with E-state index in [1.165, 1.54) is 28.7 Å². The van der Waals surface area contributed by atoms with E-state index < -0.39 is 0 Å². The third kappa shape index (κ3) is 2.79. The minimum Gasteiger partial charge on any atom is -0.0645 e. The van der Waals surface area contributed by atoms with E-state index in [9.17, 15) is 0 Å². The van der Waals surface area contributed by atoms with Gasteiger partial charge in [0.1, 0.15) is 0 Å². The van der Waals surface area contributed by atoms with Crippen LogP contribution in [0.5, 0.6) is 0 Å². The molecule has 2 aromatic rings. The van der Waals surface area contributed by atoms with Gasteiger partial charge in [0.2, 0.25) is 0 Å². The maximum absolute atomic E-state index is 2.32. The summed E-state index contributed by atoms with van der Waals surface area (Å²) in [5, 5.41) is 0. The molecule has 3 rings (SSSR count). The maximum atomic E-state index is 2.32. The summed E-state index contributed by atoms with van der Waals surface area (Å²) in [7, 11) is 0. The molecular formula is C23H26. The molecule has 2 aromatic carbocycles. The molecule has 0 heterocycles. The van der Waals surface area contributed by atoms with Crippen molar-refractivity contribution in [1.82, 2.24) is 0 Å². The van der Waals surface area contributed by atoms with E-state index in [0.29, 0.717) is 5.92 Å². The van der Waals surface area contributed by atoms with Crippen LogP contribution in [0.3, 0.4) is 0 Å². The Hall–Kier alpha value is -2.08. The predicted octanol–water partition coefficient (Wildman–Crippen LogP) is 6.75. The minimum atomic E-state index is 0.563. The van der Waals surface area contributed by atoms with Crippen LogP contribution in [-0.4, -0.2) is 0 Å². The molecule has 0 nitrogen and oxygen atoms in total. The lowest BCUT2D eigenvalue weighted by Gasteiger charge is -2.18. The van der Waals surface area contributed by atoms with Crippen LogP contribution in [0.25, 0.3) is 11.1 Å². The highest BCUT2D eigenvalue weighted by Gasteiger charge is 2.31. The lowest BCUT2D eigenvalue weighted by Crippen LogP contribution is -2.02. The average Bonchev–Trinajstić information content (AvgIpc) is 2.96. The Bertz CT molecular complexity index is 717. The van der Waals surface area contributed by atoms with Gasteiger partial charge in [-0.3, -0.25) is 0 Å². The number of allylic oxidation sites excluding steroid dienone is 4. The van der Waals surface area contributed by atoms with Crippen LogP contribution in [0.4, 0.5) is 0 Å². The first-order valence-corrected chi connectivity index (χ1v) is 8.89. The van der Waals surface area contributed by atoms with Crippen molar-refractivity contribution in [3.05, 3.63) is 82.9 Å². The number of rotatable bonds is 5. The van der Waals surface area contributed by atoms with E-state index in [0.717, 1.165) is 12.8 Å². The first kappa shape index (κ1) is 15.8. The van der Waals surface area contributed by atoms with Gasteiger partial charge < -0.3 is 0 Å². The van der Waals surface area contributed by atoms with E-state index in [1.54, 1.807) is 11.1 Å². The quantitative estimate of drug-likeness (QED) is 0.572. The van der Waals surface area contributed by atoms with Crippen LogP contribution in [0.2, 0.25) is 0 Å². The lowest BCUT2D eigenvalue weighted by atomic mass is 9.86. The van der Waals surface area contributed by atoms with Crippen molar-refractivity contribution in [2.75, 3.05) is 0 Å². The fourth-order valence-corrected chi connectivity index (χ4v) is 4.09. The van der Waals surface area contributed by atoms with E-state index in [-0.39, 0.29) is 0 Å². The topological polar surface area (TPSA) is 0 Å². The van der Waals surface area contributed by atoms with Crippen LogP contribution < -0.4 is 0 Å². The van der Waals surface area contributed by atoms with Crippen LogP contribution in [0.1, 0.15) is 51.2 Å². The highest BCUT2D eigenvalue weighted by molar-refractivity contribution is 6.03. The summed E-state index contributed by atoms with van der Waals surface area (Å²) in [6, 6.07) is 21.9. The maximum Gasteiger partial charge on any atom is 0.00636 e. The summed E-state index contributed by atoms with van der Waals surface area (Å²) in [5.41, 5.74) is 8.99. The summed E-state index contributed by atoms with van der Waals surface area (Å²) >= 11 is 0. The van der Waals surface area contributed by atoms with Gasteiger partial charge in [0, 0.05) is 5.92 Å². The molecule has 0 aromatic heterocycles. The molecule has 0 fully saturated rings. The zero-order chi connectivity index (χ0) is 16.2. The van der Waals surface area contributed by atoms with Crippen molar-refractivity contribution in [2.45, 2.75) is 40.0 Å². The first-order chi connectivity index (χ1) is 11.3. The van der Waals surface area contributed by atoms with Crippen molar-refractivity contribution in [3.8, 4) is 0 Å². The Morgan fingerprint density at radius 3 is 1.74 bits per heavy atom. The van der Waals surface area contributed by atoms with Crippen molar-refractivity contribution in [2.24, 2.45) is 5.92 Å². The van der Waals surface area contributed by atoms with E-state index in [2.05, 4.69) is 81.4 Å². The number of hydrogen-bond donors (Lipinski definition) is 0. The third-order valence-electron chi connectivity index (χ3n) is 5.02. The molecule has 1 aliphatic carbocycles. The summed E-state index contributed by atoms with van der Waals surface area (Å²) in [5.74, 6) is 0.563. The first-order valence-electron chi connectivity index (χ1n) is 8.89. The van der Waals surface area contributed by atoms with Crippen molar-refractivity contribution in [3.63, 3.8) is 0 Å². The number of hydrogen-bond acceptors (Lipinski definition) is 0. The van der Waals surface area contributed by atoms with Crippen molar-refractivity contribution >= 4 is 11.1 Å². The van der Waals surface area contributed by atoms with E-state index in [1.807, 2.05) is 0 Å². The molecule has 0 amide bonds. The second kappa shape index (κ2) is 7.00. The lowest BCUT2D eigenvalue weighted by molar-refractivity contribution is 0.719. The molecule has 0 saturated heterocycles. The second-order valence-electron chi connectivity index (χ2n) is 6.19. The molecule has 0 aliphatic heterocycles. The predicted molar refractivity (Wildman–Crippen MR) is 101 cm³/mol. The fourth-order valence-electron chi connectivity index (χ4n) is 4.09. The van der Waals surface area contributed by atoms with Crippen molar-refractivity contribution in [1.29, 1.82) is 0 Å². The van der Waals surface area contributed by atoms with E-state index in [4.69, 9.17) is 0 Å². The highest BCUT2D eigenvalue weighted by atomic mass is 14.4. The van der Waals surface area contributed by atoms with E-state index >= 15 is 0 Å². The molecule has 0 N–H and O–H groups in total. The SMILES string of the molecule is CCC1=C(CC)C(CC)C(c2ccccc2)=C1c1ccccc1. The monoisotopic (exact) mass is 302 g/mol. The number of benzene rings is 2. The standard InChI is InChI=1S/C23H26/c1-4-19-20(5-2)22(17-13-9-7-10-14-17)23(21(19)6-3)18-15-11-8-12-16-18/h7-16,20H,4-6H2,1-3H3. The van der Waals surface area contributed by atoms with Gasteiger partial charge in [-0.05, 0) is 47.1 Å². The zero-order valence-corrected chi connectivity index (χ0v) is 14.5. The molecule has 23 heavy (non-hydrogen) atoms. The molecule has 1 aliphatic rings. The molecule has 0 radical (unpaired) electrons. The molecule has 1 atom stereocenters. The Balaban J connectivity index is 2.28. The largest absolute Gasteiger partial charge is 0.0645 e. The van der Waals surface area contributed by atoms with Gasteiger partial charge in [-0.25, -0.2) is 0 Å². The van der Waals surface area contributed by atoms with Gasteiger partial charge in [0.15, 0.2) is 0 Å². The van der Waals surface area contributed by atoms with Gasteiger partial charge in [0.25, 0.3) is 0 Å². The normalized spacial score (nSPS) is 18.0. The third-order valence-corrected chi connectivity index (χ3v) is 5.02. The van der Waals surface area contributed by atoms with Gasteiger partial charge in [-0.2, -0.15) is 0 Å². The Labute approximate surface area is 140 Å². The molecule has 0 spiro atoms.